The SMILES string of the molecule is CNC(C)c1ccc(OC/C(C)=C/Cl)c(F)c1. The van der Waals surface area contributed by atoms with Gasteiger partial charge in [-0.15, -0.1) is 0 Å². The van der Waals surface area contributed by atoms with E-state index in [0.717, 1.165) is 11.1 Å². The molecule has 0 amide bonds. The molecule has 0 aliphatic rings. The molecule has 1 aromatic rings. The first-order valence-electron chi connectivity index (χ1n) is 5.43. The Bertz CT molecular complexity index is 406. The molecule has 0 spiro atoms. The van der Waals surface area contributed by atoms with E-state index >= 15 is 0 Å². The maximum Gasteiger partial charge on any atom is 0.165 e. The molecule has 0 saturated carbocycles. The number of hydrogen-bond acceptors (Lipinski definition) is 2. The first kappa shape index (κ1) is 14.0. The second kappa shape index (κ2) is 6.62. The molecule has 0 aromatic heterocycles. The highest BCUT2D eigenvalue weighted by Gasteiger charge is 2.08. The van der Waals surface area contributed by atoms with Crippen LogP contribution in [0.4, 0.5) is 4.39 Å². The van der Waals surface area contributed by atoms with Crippen LogP contribution >= 0.6 is 11.6 Å². The molecule has 1 N–H and O–H groups in total. The number of rotatable bonds is 5. The molecule has 1 atom stereocenters. The van der Waals surface area contributed by atoms with Crippen LogP contribution in [-0.2, 0) is 0 Å². The monoisotopic (exact) mass is 257 g/mol. The van der Waals surface area contributed by atoms with Gasteiger partial charge in [0.25, 0.3) is 0 Å². The minimum Gasteiger partial charge on any atom is -0.486 e. The molecule has 0 radical (unpaired) electrons. The molecule has 4 heteroatoms. The van der Waals surface area contributed by atoms with Gasteiger partial charge in [-0.25, -0.2) is 4.39 Å². The van der Waals surface area contributed by atoms with Crippen molar-refractivity contribution in [3.63, 3.8) is 0 Å². The van der Waals surface area contributed by atoms with Crippen molar-refractivity contribution >= 4 is 11.6 Å². The zero-order chi connectivity index (χ0) is 12.8. The Kier molecular flexibility index (Phi) is 5.45. The van der Waals surface area contributed by atoms with E-state index in [2.05, 4.69) is 5.32 Å². The first-order valence-corrected chi connectivity index (χ1v) is 5.87. The molecular weight excluding hydrogens is 241 g/mol. The summed E-state index contributed by atoms with van der Waals surface area (Å²) in [5, 5.41) is 3.05. The van der Waals surface area contributed by atoms with Crippen LogP contribution in [0.15, 0.2) is 29.3 Å². The summed E-state index contributed by atoms with van der Waals surface area (Å²) in [6.45, 7) is 4.08. The highest BCUT2D eigenvalue weighted by molar-refractivity contribution is 6.25. The van der Waals surface area contributed by atoms with Gasteiger partial charge in [0.05, 0.1) is 0 Å². The third-order valence-electron chi connectivity index (χ3n) is 2.53. The summed E-state index contributed by atoms with van der Waals surface area (Å²) < 4.78 is 19.0. The predicted octanol–water partition coefficient (Wildman–Crippen LogP) is 3.63. The van der Waals surface area contributed by atoms with E-state index in [1.54, 1.807) is 6.07 Å². The Morgan fingerprint density at radius 3 is 2.82 bits per heavy atom. The lowest BCUT2D eigenvalue weighted by Gasteiger charge is -2.12. The molecule has 1 rings (SSSR count). The Labute approximate surface area is 106 Å². The third-order valence-corrected chi connectivity index (χ3v) is 2.90. The second-order valence-electron chi connectivity index (χ2n) is 3.94. The van der Waals surface area contributed by atoms with E-state index in [1.165, 1.54) is 11.6 Å². The number of benzene rings is 1. The second-order valence-corrected chi connectivity index (χ2v) is 4.16. The summed E-state index contributed by atoms with van der Waals surface area (Å²) in [5.74, 6) is -0.109. The standard InChI is InChI=1S/C13H17ClFNO/c1-9(7-14)8-17-13-5-4-11(6-12(13)15)10(2)16-3/h4-7,10,16H,8H2,1-3H3/b9-7+. The van der Waals surface area contributed by atoms with Crippen molar-refractivity contribution in [1.82, 2.24) is 5.32 Å². The largest absolute Gasteiger partial charge is 0.486 e. The van der Waals surface area contributed by atoms with E-state index in [1.807, 2.05) is 27.0 Å². The lowest BCUT2D eigenvalue weighted by molar-refractivity contribution is 0.332. The van der Waals surface area contributed by atoms with Crippen LogP contribution in [0.2, 0.25) is 0 Å². The summed E-state index contributed by atoms with van der Waals surface area (Å²) in [5.41, 5.74) is 3.16. The summed E-state index contributed by atoms with van der Waals surface area (Å²) >= 11 is 5.50. The number of halogens is 2. The fraction of sp³-hybridized carbons (Fsp3) is 0.385. The minimum atomic E-state index is -0.355. The maximum absolute atomic E-state index is 13.7. The lowest BCUT2D eigenvalue weighted by Crippen LogP contribution is -2.12. The zero-order valence-corrected chi connectivity index (χ0v) is 11.0. The van der Waals surface area contributed by atoms with Gasteiger partial charge >= 0.3 is 0 Å². The molecule has 94 valence electrons. The molecule has 17 heavy (non-hydrogen) atoms. The molecular formula is C13H17ClFNO. The van der Waals surface area contributed by atoms with E-state index in [0.29, 0.717) is 6.61 Å². The van der Waals surface area contributed by atoms with Crippen molar-refractivity contribution in [2.75, 3.05) is 13.7 Å². The molecule has 0 bridgehead atoms. The molecule has 0 aliphatic heterocycles. The van der Waals surface area contributed by atoms with Gasteiger partial charge in [-0.05, 0) is 44.2 Å². The molecule has 1 unspecified atom stereocenters. The molecule has 0 saturated heterocycles. The van der Waals surface area contributed by atoms with Gasteiger partial charge in [0, 0.05) is 11.6 Å². The van der Waals surface area contributed by atoms with Gasteiger partial charge in [0.1, 0.15) is 6.61 Å². The van der Waals surface area contributed by atoms with Crippen molar-refractivity contribution < 1.29 is 9.13 Å². The van der Waals surface area contributed by atoms with Gasteiger partial charge in [0.15, 0.2) is 11.6 Å². The van der Waals surface area contributed by atoms with Crippen LogP contribution in [0.5, 0.6) is 5.75 Å². The lowest BCUT2D eigenvalue weighted by atomic mass is 10.1. The van der Waals surface area contributed by atoms with Crippen LogP contribution in [0.25, 0.3) is 0 Å². The highest BCUT2D eigenvalue weighted by atomic mass is 35.5. The van der Waals surface area contributed by atoms with Gasteiger partial charge in [-0.1, -0.05) is 17.7 Å². The molecule has 0 heterocycles. The minimum absolute atomic E-state index is 0.114. The third kappa shape index (κ3) is 4.02. The Balaban J connectivity index is 2.76. The van der Waals surface area contributed by atoms with Crippen molar-refractivity contribution in [1.29, 1.82) is 0 Å². The van der Waals surface area contributed by atoms with Gasteiger partial charge in [-0.2, -0.15) is 0 Å². The van der Waals surface area contributed by atoms with Gasteiger partial charge in [0.2, 0.25) is 0 Å². The van der Waals surface area contributed by atoms with Crippen LogP contribution < -0.4 is 10.1 Å². The van der Waals surface area contributed by atoms with Crippen molar-refractivity contribution in [3.8, 4) is 5.75 Å². The van der Waals surface area contributed by atoms with Crippen molar-refractivity contribution in [2.24, 2.45) is 0 Å². The van der Waals surface area contributed by atoms with Crippen LogP contribution in [0.3, 0.4) is 0 Å². The molecule has 2 nitrogen and oxygen atoms in total. The molecule has 0 fully saturated rings. The Morgan fingerprint density at radius 1 is 1.59 bits per heavy atom. The van der Waals surface area contributed by atoms with Gasteiger partial charge < -0.3 is 10.1 Å². The van der Waals surface area contributed by atoms with Crippen LogP contribution in [0.1, 0.15) is 25.5 Å². The molecule has 1 aromatic carbocycles. The van der Waals surface area contributed by atoms with Crippen LogP contribution in [0, 0.1) is 5.82 Å². The van der Waals surface area contributed by atoms with E-state index < -0.39 is 0 Å². The summed E-state index contributed by atoms with van der Waals surface area (Å²) in [7, 11) is 1.83. The quantitative estimate of drug-likeness (QED) is 0.870. The zero-order valence-electron chi connectivity index (χ0n) is 10.3. The van der Waals surface area contributed by atoms with Crippen molar-refractivity contribution in [3.05, 3.63) is 40.7 Å². The Morgan fingerprint density at radius 2 is 2.29 bits per heavy atom. The highest BCUT2D eigenvalue weighted by Crippen LogP contribution is 2.22. The average Bonchev–Trinajstić information content (AvgIpc) is 2.35. The fourth-order valence-electron chi connectivity index (χ4n) is 1.29. The van der Waals surface area contributed by atoms with E-state index in [4.69, 9.17) is 16.3 Å². The normalized spacial score (nSPS) is 13.6. The van der Waals surface area contributed by atoms with Crippen LogP contribution in [-0.4, -0.2) is 13.7 Å². The Hall–Kier alpha value is -1.06. The number of ether oxygens (including phenoxy) is 1. The summed E-state index contributed by atoms with van der Waals surface area (Å²) in [6.07, 6.45) is 0. The smallest absolute Gasteiger partial charge is 0.165 e. The maximum atomic E-state index is 13.7. The number of hydrogen-bond donors (Lipinski definition) is 1. The van der Waals surface area contributed by atoms with Gasteiger partial charge in [-0.3, -0.25) is 0 Å². The summed E-state index contributed by atoms with van der Waals surface area (Å²) in [6, 6.07) is 5.08. The number of nitrogens with one attached hydrogen (secondary N) is 1. The summed E-state index contributed by atoms with van der Waals surface area (Å²) in [4.78, 5) is 0. The van der Waals surface area contributed by atoms with E-state index in [-0.39, 0.29) is 17.6 Å². The first-order chi connectivity index (χ1) is 8.08. The predicted molar refractivity (Wildman–Crippen MR) is 69.0 cm³/mol. The fourth-order valence-corrected chi connectivity index (χ4v) is 1.36. The van der Waals surface area contributed by atoms with Crippen molar-refractivity contribution in [2.45, 2.75) is 19.9 Å². The average molecular weight is 258 g/mol. The molecule has 0 aliphatic carbocycles. The topological polar surface area (TPSA) is 21.3 Å². The van der Waals surface area contributed by atoms with E-state index in [9.17, 15) is 4.39 Å².